The van der Waals surface area contributed by atoms with Crippen molar-refractivity contribution in [3.8, 4) is 11.4 Å². The second-order valence-electron chi connectivity index (χ2n) is 4.82. The van der Waals surface area contributed by atoms with E-state index in [0.717, 1.165) is 5.56 Å². The third kappa shape index (κ3) is 3.21. The highest BCUT2D eigenvalue weighted by Crippen LogP contribution is 2.26. The minimum Gasteiger partial charge on any atom is -0.477 e. The molecule has 116 valence electrons. The first-order chi connectivity index (χ1) is 11.1. The first kappa shape index (κ1) is 15.5. The lowest BCUT2D eigenvalue weighted by molar-refractivity contribution is 0.0686. The van der Waals surface area contributed by atoms with Gasteiger partial charge in [0.25, 0.3) is 0 Å². The SMILES string of the molecule is O=C(O)c1ccc(-c2cnccn2)n1Cc1cc(Cl)ccc1Cl. The van der Waals surface area contributed by atoms with E-state index in [4.69, 9.17) is 23.2 Å². The highest BCUT2D eigenvalue weighted by Gasteiger charge is 2.17. The van der Waals surface area contributed by atoms with Crippen molar-refractivity contribution in [2.45, 2.75) is 6.54 Å². The van der Waals surface area contributed by atoms with Crippen LogP contribution in [0.15, 0.2) is 48.9 Å². The molecule has 0 radical (unpaired) electrons. The van der Waals surface area contributed by atoms with Crippen molar-refractivity contribution < 1.29 is 9.90 Å². The van der Waals surface area contributed by atoms with Gasteiger partial charge in [0, 0.05) is 29.0 Å². The first-order valence-electron chi connectivity index (χ1n) is 6.69. The Bertz CT molecular complexity index is 863. The average Bonchev–Trinajstić information content (AvgIpc) is 2.95. The van der Waals surface area contributed by atoms with Crippen LogP contribution in [-0.2, 0) is 6.54 Å². The third-order valence-corrected chi connectivity index (χ3v) is 3.97. The van der Waals surface area contributed by atoms with Crippen molar-refractivity contribution in [2.75, 3.05) is 0 Å². The fraction of sp³-hybridized carbons (Fsp3) is 0.0625. The molecule has 1 aromatic carbocycles. The monoisotopic (exact) mass is 347 g/mol. The molecule has 0 unspecified atom stereocenters. The summed E-state index contributed by atoms with van der Waals surface area (Å²) in [5.41, 5.74) is 2.09. The predicted octanol–water partition coefficient (Wildman–Crippen LogP) is 4.00. The Hall–Kier alpha value is -2.37. The molecule has 3 rings (SSSR count). The van der Waals surface area contributed by atoms with Crippen molar-refractivity contribution >= 4 is 29.2 Å². The Kier molecular flexibility index (Phi) is 4.32. The van der Waals surface area contributed by atoms with Gasteiger partial charge in [0.15, 0.2) is 0 Å². The molecule has 0 aliphatic heterocycles. The van der Waals surface area contributed by atoms with Gasteiger partial charge in [-0.1, -0.05) is 23.2 Å². The standard InChI is InChI=1S/C16H11Cl2N3O2/c17-11-1-2-12(18)10(7-11)9-21-14(3-4-15(21)16(22)23)13-8-19-5-6-20-13/h1-8H,9H2,(H,22,23). The van der Waals surface area contributed by atoms with Gasteiger partial charge in [-0.3, -0.25) is 9.97 Å². The maximum Gasteiger partial charge on any atom is 0.352 e. The largest absolute Gasteiger partial charge is 0.477 e. The Balaban J connectivity index is 2.11. The van der Waals surface area contributed by atoms with Crippen LogP contribution in [0.25, 0.3) is 11.4 Å². The lowest BCUT2D eigenvalue weighted by Crippen LogP contribution is -2.11. The predicted molar refractivity (Wildman–Crippen MR) is 88.0 cm³/mol. The molecule has 0 saturated heterocycles. The molecule has 0 bridgehead atoms. The summed E-state index contributed by atoms with van der Waals surface area (Å²) in [7, 11) is 0. The molecular weight excluding hydrogens is 337 g/mol. The second kappa shape index (κ2) is 6.40. The quantitative estimate of drug-likeness (QED) is 0.774. The Morgan fingerprint density at radius 3 is 2.70 bits per heavy atom. The highest BCUT2D eigenvalue weighted by atomic mass is 35.5. The molecule has 2 heterocycles. The number of hydrogen-bond acceptors (Lipinski definition) is 3. The van der Waals surface area contributed by atoms with Gasteiger partial charge in [0.2, 0.25) is 0 Å². The molecule has 0 spiro atoms. The van der Waals surface area contributed by atoms with Gasteiger partial charge >= 0.3 is 5.97 Å². The number of carbonyl (C=O) groups is 1. The van der Waals surface area contributed by atoms with Crippen LogP contribution >= 0.6 is 23.2 Å². The van der Waals surface area contributed by atoms with Crippen molar-refractivity contribution in [2.24, 2.45) is 0 Å². The maximum absolute atomic E-state index is 11.5. The zero-order valence-corrected chi connectivity index (χ0v) is 13.3. The number of benzene rings is 1. The number of carboxylic acid groups (broad SMARTS) is 1. The van der Waals surface area contributed by atoms with Gasteiger partial charge in [-0.25, -0.2) is 4.79 Å². The van der Waals surface area contributed by atoms with Crippen molar-refractivity contribution in [1.82, 2.24) is 14.5 Å². The van der Waals surface area contributed by atoms with E-state index >= 15 is 0 Å². The summed E-state index contributed by atoms with van der Waals surface area (Å²) in [6.45, 7) is 0.264. The molecule has 1 N–H and O–H groups in total. The zero-order chi connectivity index (χ0) is 16.4. The molecule has 23 heavy (non-hydrogen) atoms. The van der Waals surface area contributed by atoms with Crippen LogP contribution in [-0.4, -0.2) is 25.6 Å². The molecule has 0 amide bonds. The average molecular weight is 348 g/mol. The summed E-state index contributed by atoms with van der Waals surface area (Å²) >= 11 is 12.2. The Morgan fingerprint density at radius 2 is 2.00 bits per heavy atom. The van der Waals surface area contributed by atoms with Crippen LogP contribution in [0.1, 0.15) is 16.1 Å². The van der Waals surface area contributed by atoms with Crippen LogP contribution in [0.4, 0.5) is 0 Å². The van der Waals surface area contributed by atoms with Crippen LogP contribution in [0.5, 0.6) is 0 Å². The van der Waals surface area contributed by atoms with E-state index in [1.54, 1.807) is 47.4 Å². The van der Waals surface area contributed by atoms with E-state index in [-0.39, 0.29) is 12.2 Å². The zero-order valence-electron chi connectivity index (χ0n) is 11.8. The smallest absolute Gasteiger partial charge is 0.352 e. The summed E-state index contributed by atoms with van der Waals surface area (Å²) < 4.78 is 1.63. The summed E-state index contributed by atoms with van der Waals surface area (Å²) in [4.78, 5) is 19.7. The molecule has 0 saturated carbocycles. The summed E-state index contributed by atoms with van der Waals surface area (Å²) in [5, 5.41) is 10.5. The first-order valence-corrected chi connectivity index (χ1v) is 7.45. The van der Waals surface area contributed by atoms with Gasteiger partial charge in [-0.15, -0.1) is 0 Å². The number of nitrogens with zero attached hydrogens (tertiary/aromatic N) is 3. The summed E-state index contributed by atoms with van der Waals surface area (Å²) in [5.74, 6) is -1.03. The van der Waals surface area contributed by atoms with Crippen LogP contribution in [0.2, 0.25) is 10.0 Å². The van der Waals surface area contributed by atoms with E-state index < -0.39 is 5.97 Å². The number of halogens is 2. The number of hydrogen-bond donors (Lipinski definition) is 1. The van der Waals surface area contributed by atoms with Crippen molar-refractivity contribution in [3.63, 3.8) is 0 Å². The molecule has 3 aromatic rings. The van der Waals surface area contributed by atoms with Gasteiger partial charge in [0.1, 0.15) is 11.4 Å². The number of aromatic nitrogens is 3. The van der Waals surface area contributed by atoms with Gasteiger partial charge in [-0.05, 0) is 35.9 Å². The maximum atomic E-state index is 11.5. The normalized spacial score (nSPS) is 10.7. The molecule has 0 aliphatic carbocycles. The molecule has 7 heteroatoms. The fourth-order valence-electron chi connectivity index (χ4n) is 2.31. The number of rotatable bonds is 4. The van der Waals surface area contributed by atoms with Crippen LogP contribution in [0.3, 0.4) is 0 Å². The second-order valence-corrected chi connectivity index (χ2v) is 5.67. The Morgan fingerprint density at radius 1 is 1.17 bits per heavy atom. The van der Waals surface area contributed by atoms with E-state index in [0.29, 0.717) is 21.4 Å². The van der Waals surface area contributed by atoms with E-state index in [2.05, 4.69) is 9.97 Å². The molecule has 2 aromatic heterocycles. The van der Waals surface area contributed by atoms with E-state index in [1.165, 1.54) is 6.07 Å². The van der Waals surface area contributed by atoms with Gasteiger partial charge in [0.05, 0.1) is 11.9 Å². The minimum atomic E-state index is -1.03. The topological polar surface area (TPSA) is 68.0 Å². The van der Waals surface area contributed by atoms with Gasteiger partial charge in [-0.2, -0.15) is 0 Å². The molecular formula is C16H11Cl2N3O2. The molecule has 5 nitrogen and oxygen atoms in total. The lowest BCUT2D eigenvalue weighted by atomic mass is 10.2. The third-order valence-electron chi connectivity index (χ3n) is 3.36. The lowest BCUT2D eigenvalue weighted by Gasteiger charge is -2.13. The molecule has 0 atom stereocenters. The fourth-order valence-corrected chi connectivity index (χ4v) is 2.69. The summed E-state index contributed by atoms with van der Waals surface area (Å²) in [6, 6.07) is 8.32. The van der Waals surface area contributed by atoms with Crippen molar-refractivity contribution in [3.05, 3.63) is 70.2 Å². The highest BCUT2D eigenvalue weighted by molar-refractivity contribution is 6.33. The number of carboxylic acids is 1. The van der Waals surface area contributed by atoms with Crippen molar-refractivity contribution in [1.29, 1.82) is 0 Å². The molecule has 0 aliphatic rings. The van der Waals surface area contributed by atoms with Crippen LogP contribution < -0.4 is 0 Å². The Labute approximate surface area is 142 Å². The minimum absolute atomic E-state index is 0.140. The van der Waals surface area contributed by atoms with Crippen LogP contribution in [0, 0.1) is 0 Å². The van der Waals surface area contributed by atoms with E-state index in [9.17, 15) is 9.90 Å². The van der Waals surface area contributed by atoms with E-state index in [1.807, 2.05) is 0 Å². The molecule has 0 fully saturated rings. The number of aromatic carboxylic acids is 1. The summed E-state index contributed by atoms with van der Waals surface area (Å²) in [6.07, 6.45) is 4.69. The van der Waals surface area contributed by atoms with Gasteiger partial charge < -0.3 is 9.67 Å².